The standard InChI is InChI=1S/C22H26ClN3O4S/c1-16-4-8-19(9-5-16)25-22(28)24-13-17-3-2-12-26(14-17)21(27)15-31(29,30)20-10-6-18(23)7-11-20/h4-11,17H,2-3,12-15H2,1H3,(H2,24,25,28). The molecule has 1 unspecified atom stereocenters. The summed E-state index contributed by atoms with van der Waals surface area (Å²) in [5.74, 6) is -0.939. The Bertz CT molecular complexity index is 1020. The third-order valence-electron chi connectivity index (χ3n) is 5.22. The van der Waals surface area contributed by atoms with Crippen LogP contribution in [0.3, 0.4) is 0 Å². The molecule has 1 aliphatic heterocycles. The van der Waals surface area contributed by atoms with Crippen LogP contribution in [0.1, 0.15) is 18.4 Å². The van der Waals surface area contributed by atoms with Gasteiger partial charge in [0.15, 0.2) is 9.84 Å². The summed E-state index contributed by atoms with van der Waals surface area (Å²) < 4.78 is 25.1. The third-order valence-corrected chi connectivity index (χ3v) is 7.09. The molecule has 0 spiro atoms. The van der Waals surface area contributed by atoms with Gasteiger partial charge in [0.05, 0.1) is 4.90 Å². The van der Waals surface area contributed by atoms with Gasteiger partial charge in [-0.2, -0.15) is 0 Å². The molecule has 166 valence electrons. The predicted molar refractivity (Wildman–Crippen MR) is 121 cm³/mol. The maximum atomic E-state index is 12.6. The van der Waals surface area contributed by atoms with Gasteiger partial charge in [-0.05, 0) is 62.1 Å². The van der Waals surface area contributed by atoms with Crippen molar-refractivity contribution in [2.75, 3.05) is 30.7 Å². The van der Waals surface area contributed by atoms with Crippen molar-refractivity contribution in [3.63, 3.8) is 0 Å². The van der Waals surface area contributed by atoms with Gasteiger partial charge in [0.2, 0.25) is 5.91 Å². The highest BCUT2D eigenvalue weighted by molar-refractivity contribution is 7.92. The van der Waals surface area contributed by atoms with Crippen LogP contribution >= 0.6 is 11.6 Å². The summed E-state index contributed by atoms with van der Waals surface area (Å²) in [6.07, 6.45) is 1.62. The van der Waals surface area contributed by atoms with E-state index in [0.717, 1.165) is 18.4 Å². The van der Waals surface area contributed by atoms with E-state index < -0.39 is 21.5 Å². The van der Waals surface area contributed by atoms with E-state index in [9.17, 15) is 18.0 Å². The molecule has 1 saturated heterocycles. The van der Waals surface area contributed by atoms with E-state index in [1.54, 1.807) is 4.90 Å². The molecule has 7 nitrogen and oxygen atoms in total. The van der Waals surface area contributed by atoms with E-state index in [0.29, 0.717) is 30.3 Å². The van der Waals surface area contributed by atoms with E-state index in [1.807, 2.05) is 31.2 Å². The number of benzene rings is 2. The molecular weight excluding hydrogens is 438 g/mol. The molecule has 0 aromatic heterocycles. The van der Waals surface area contributed by atoms with Gasteiger partial charge in [0.25, 0.3) is 0 Å². The van der Waals surface area contributed by atoms with Gasteiger partial charge in [-0.25, -0.2) is 13.2 Å². The quantitative estimate of drug-likeness (QED) is 0.685. The molecule has 0 aliphatic carbocycles. The summed E-state index contributed by atoms with van der Waals surface area (Å²) in [5, 5.41) is 6.05. The summed E-state index contributed by atoms with van der Waals surface area (Å²) in [6, 6.07) is 13.0. The second kappa shape index (κ2) is 10.2. The molecule has 1 fully saturated rings. The molecule has 3 amide bonds. The van der Waals surface area contributed by atoms with Crippen LogP contribution in [0.15, 0.2) is 53.4 Å². The van der Waals surface area contributed by atoms with Crippen molar-refractivity contribution >= 4 is 39.1 Å². The number of aryl methyl sites for hydroxylation is 1. The molecule has 1 atom stereocenters. The summed E-state index contributed by atoms with van der Waals surface area (Å²) >= 11 is 5.80. The van der Waals surface area contributed by atoms with E-state index in [2.05, 4.69) is 10.6 Å². The van der Waals surface area contributed by atoms with Gasteiger partial charge in [0.1, 0.15) is 5.75 Å². The number of nitrogens with zero attached hydrogens (tertiary/aromatic N) is 1. The number of hydrogen-bond donors (Lipinski definition) is 2. The van der Waals surface area contributed by atoms with Gasteiger partial charge < -0.3 is 15.5 Å². The number of carbonyl (C=O) groups excluding carboxylic acids is 2. The molecule has 3 rings (SSSR count). The van der Waals surface area contributed by atoms with Crippen LogP contribution < -0.4 is 10.6 Å². The number of halogens is 1. The van der Waals surface area contributed by atoms with Crippen LogP contribution in [-0.4, -0.2) is 50.6 Å². The Kier molecular flexibility index (Phi) is 7.56. The zero-order valence-electron chi connectivity index (χ0n) is 17.3. The Morgan fingerprint density at radius 3 is 2.45 bits per heavy atom. The lowest BCUT2D eigenvalue weighted by Gasteiger charge is -2.32. The normalized spacial score (nSPS) is 16.6. The number of likely N-dealkylation sites (tertiary alicyclic amines) is 1. The van der Waals surface area contributed by atoms with E-state index in [-0.39, 0.29) is 16.8 Å². The molecule has 2 aromatic rings. The van der Waals surface area contributed by atoms with Crippen LogP contribution in [0.2, 0.25) is 5.02 Å². The number of hydrogen-bond acceptors (Lipinski definition) is 4. The van der Waals surface area contributed by atoms with Crippen molar-refractivity contribution in [3.8, 4) is 0 Å². The van der Waals surface area contributed by atoms with E-state index in [1.165, 1.54) is 24.3 Å². The Hall–Kier alpha value is -2.58. The van der Waals surface area contributed by atoms with Crippen LogP contribution in [-0.2, 0) is 14.6 Å². The highest BCUT2D eigenvalue weighted by atomic mass is 35.5. The van der Waals surface area contributed by atoms with Gasteiger partial charge in [-0.15, -0.1) is 0 Å². The fourth-order valence-electron chi connectivity index (χ4n) is 3.49. The highest BCUT2D eigenvalue weighted by Crippen LogP contribution is 2.19. The highest BCUT2D eigenvalue weighted by Gasteiger charge is 2.28. The number of sulfone groups is 1. The first-order chi connectivity index (χ1) is 14.7. The van der Waals surface area contributed by atoms with Crippen molar-refractivity contribution in [2.45, 2.75) is 24.7 Å². The number of nitrogens with one attached hydrogen (secondary N) is 2. The predicted octanol–water partition coefficient (Wildman–Crippen LogP) is 3.48. The van der Waals surface area contributed by atoms with Gasteiger partial charge >= 0.3 is 6.03 Å². The van der Waals surface area contributed by atoms with E-state index in [4.69, 9.17) is 11.6 Å². The Balaban J connectivity index is 1.50. The SMILES string of the molecule is Cc1ccc(NC(=O)NCC2CCCN(C(=O)CS(=O)(=O)c3ccc(Cl)cc3)C2)cc1. The largest absolute Gasteiger partial charge is 0.341 e. The molecule has 0 saturated carbocycles. The first-order valence-corrected chi connectivity index (χ1v) is 12.1. The van der Waals surface area contributed by atoms with Crippen LogP contribution in [0, 0.1) is 12.8 Å². The average Bonchev–Trinajstić information content (AvgIpc) is 2.74. The molecule has 9 heteroatoms. The lowest BCUT2D eigenvalue weighted by atomic mass is 9.98. The smallest absolute Gasteiger partial charge is 0.319 e. The lowest BCUT2D eigenvalue weighted by molar-refractivity contribution is -0.130. The number of urea groups is 1. The first-order valence-electron chi connectivity index (χ1n) is 10.1. The number of anilines is 1. The molecular formula is C22H26ClN3O4S. The zero-order chi connectivity index (χ0) is 22.4. The molecule has 2 aromatic carbocycles. The van der Waals surface area contributed by atoms with Gasteiger partial charge in [-0.1, -0.05) is 29.3 Å². The molecule has 2 N–H and O–H groups in total. The number of amides is 3. The average molecular weight is 464 g/mol. The maximum absolute atomic E-state index is 12.6. The molecule has 0 bridgehead atoms. The molecule has 0 radical (unpaired) electrons. The second-order valence-corrected chi connectivity index (χ2v) is 10.2. The Labute approximate surface area is 187 Å². The van der Waals surface area contributed by atoms with Crippen molar-refractivity contribution in [1.29, 1.82) is 0 Å². The van der Waals surface area contributed by atoms with Crippen molar-refractivity contribution in [1.82, 2.24) is 10.2 Å². The van der Waals surface area contributed by atoms with Crippen molar-refractivity contribution < 1.29 is 18.0 Å². The minimum Gasteiger partial charge on any atom is -0.341 e. The Morgan fingerprint density at radius 2 is 1.77 bits per heavy atom. The number of carbonyl (C=O) groups is 2. The summed E-state index contributed by atoms with van der Waals surface area (Å²) in [6.45, 7) is 3.31. The minimum absolute atomic E-state index is 0.0692. The van der Waals surface area contributed by atoms with Gasteiger partial charge in [-0.3, -0.25) is 4.79 Å². The fourth-order valence-corrected chi connectivity index (χ4v) is 4.84. The third kappa shape index (κ3) is 6.70. The van der Waals surface area contributed by atoms with Crippen molar-refractivity contribution in [3.05, 3.63) is 59.1 Å². The van der Waals surface area contributed by atoms with Crippen LogP contribution in [0.4, 0.5) is 10.5 Å². The lowest BCUT2D eigenvalue weighted by Crippen LogP contribution is -2.46. The topological polar surface area (TPSA) is 95.6 Å². The van der Waals surface area contributed by atoms with E-state index >= 15 is 0 Å². The van der Waals surface area contributed by atoms with Crippen molar-refractivity contribution in [2.24, 2.45) is 5.92 Å². The molecule has 1 heterocycles. The summed E-state index contributed by atoms with van der Waals surface area (Å²) in [5.41, 5.74) is 1.81. The number of piperidine rings is 1. The zero-order valence-corrected chi connectivity index (χ0v) is 18.9. The summed E-state index contributed by atoms with van der Waals surface area (Å²) in [7, 11) is -3.74. The Morgan fingerprint density at radius 1 is 1.10 bits per heavy atom. The van der Waals surface area contributed by atoms with Crippen LogP contribution in [0.5, 0.6) is 0 Å². The number of rotatable bonds is 6. The summed E-state index contributed by atoms with van der Waals surface area (Å²) in [4.78, 5) is 26.4. The monoisotopic (exact) mass is 463 g/mol. The molecule has 1 aliphatic rings. The fraction of sp³-hybridized carbons (Fsp3) is 0.364. The first kappa shape index (κ1) is 23.1. The van der Waals surface area contributed by atoms with Gasteiger partial charge in [0, 0.05) is 30.3 Å². The van der Waals surface area contributed by atoms with Crippen LogP contribution in [0.25, 0.3) is 0 Å². The minimum atomic E-state index is -3.74. The maximum Gasteiger partial charge on any atom is 0.319 e. The second-order valence-electron chi connectivity index (χ2n) is 7.76. The molecule has 31 heavy (non-hydrogen) atoms.